The first kappa shape index (κ1) is 8.88. The second kappa shape index (κ2) is 2.40. The number of rotatable bonds is 0. The summed E-state index contributed by atoms with van der Waals surface area (Å²) in [6.07, 6.45) is -0.938. The number of Topliss-reactive ketones (excluding diaryl/α,β-unsaturated/α-hetero) is 2. The van der Waals surface area contributed by atoms with Crippen LogP contribution >= 0.6 is 11.6 Å². The highest BCUT2D eigenvalue weighted by Gasteiger charge is 2.69. The Hall–Kier alpha value is -1.39. The summed E-state index contributed by atoms with van der Waals surface area (Å²) in [6.45, 7) is 0. The third-order valence-corrected chi connectivity index (χ3v) is 3.11. The maximum atomic E-state index is 11.8. The number of halogens is 1. The van der Waals surface area contributed by atoms with E-state index in [1.54, 1.807) is 0 Å². The van der Waals surface area contributed by atoms with E-state index < -0.39 is 22.7 Å². The van der Waals surface area contributed by atoms with Gasteiger partial charge in [0.05, 0.1) is 5.56 Å². The topological polar surface area (TPSA) is 66.9 Å². The Bertz CT molecular complexity index is 510. The third kappa shape index (κ3) is 0.905. The van der Waals surface area contributed by atoms with Crippen molar-refractivity contribution in [1.29, 1.82) is 0 Å². The Labute approximate surface area is 89.4 Å². The van der Waals surface area contributed by atoms with Crippen LogP contribution in [0, 0.1) is 0 Å². The number of phenols is 1. The molecule has 1 fully saturated rings. The van der Waals surface area contributed by atoms with E-state index in [0.29, 0.717) is 0 Å². The minimum Gasteiger partial charge on any atom is -0.507 e. The molecule has 1 aliphatic heterocycles. The van der Waals surface area contributed by atoms with E-state index in [9.17, 15) is 14.7 Å². The Morgan fingerprint density at radius 2 is 2.13 bits per heavy atom. The van der Waals surface area contributed by atoms with Gasteiger partial charge in [0.15, 0.2) is 6.10 Å². The van der Waals surface area contributed by atoms with Crippen molar-refractivity contribution < 1.29 is 19.4 Å². The summed E-state index contributed by atoms with van der Waals surface area (Å²) in [7, 11) is 0. The first-order valence-electron chi connectivity index (χ1n) is 4.33. The van der Waals surface area contributed by atoms with Crippen LogP contribution in [0.15, 0.2) is 18.2 Å². The van der Waals surface area contributed by atoms with E-state index in [2.05, 4.69) is 0 Å². The molecule has 2 unspecified atom stereocenters. The van der Waals surface area contributed by atoms with Gasteiger partial charge in [0.1, 0.15) is 5.75 Å². The number of ketones is 2. The van der Waals surface area contributed by atoms with E-state index >= 15 is 0 Å². The normalized spacial score (nSPS) is 32.2. The third-order valence-electron chi connectivity index (χ3n) is 2.65. The molecular formula is C10H5ClO4. The Morgan fingerprint density at radius 3 is 2.87 bits per heavy atom. The largest absolute Gasteiger partial charge is 0.507 e. The minimum atomic E-state index is -1.52. The van der Waals surface area contributed by atoms with Gasteiger partial charge in [-0.3, -0.25) is 9.59 Å². The maximum Gasteiger partial charge on any atom is 0.239 e. The van der Waals surface area contributed by atoms with Crippen LogP contribution in [0.25, 0.3) is 0 Å². The molecule has 0 aromatic heterocycles. The Morgan fingerprint density at radius 1 is 1.40 bits per heavy atom. The maximum absolute atomic E-state index is 11.8. The van der Waals surface area contributed by atoms with E-state index in [-0.39, 0.29) is 16.9 Å². The van der Waals surface area contributed by atoms with Gasteiger partial charge in [-0.2, -0.15) is 0 Å². The van der Waals surface area contributed by atoms with Gasteiger partial charge in [0.2, 0.25) is 16.6 Å². The number of epoxide rings is 1. The van der Waals surface area contributed by atoms with Gasteiger partial charge in [-0.1, -0.05) is 23.7 Å². The molecule has 0 amide bonds. The molecule has 1 aromatic rings. The van der Waals surface area contributed by atoms with Crippen LogP contribution in [0.1, 0.15) is 20.7 Å². The van der Waals surface area contributed by atoms with Gasteiger partial charge in [-0.15, -0.1) is 0 Å². The van der Waals surface area contributed by atoms with Gasteiger partial charge in [-0.25, -0.2) is 0 Å². The number of benzene rings is 1. The van der Waals surface area contributed by atoms with Crippen molar-refractivity contribution in [3.8, 4) is 5.75 Å². The molecule has 1 aromatic carbocycles. The molecule has 76 valence electrons. The molecule has 3 rings (SSSR count). The molecule has 2 aliphatic rings. The number of alkyl halides is 1. The van der Waals surface area contributed by atoms with Crippen molar-refractivity contribution in [3.05, 3.63) is 29.3 Å². The van der Waals surface area contributed by atoms with Crippen LogP contribution in [0.5, 0.6) is 5.75 Å². The molecule has 0 radical (unpaired) electrons. The predicted octanol–water partition coefficient (Wildman–Crippen LogP) is 1.11. The zero-order chi connectivity index (χ0) is 10.8. The second-order valence-electron chi connectivity index (χ2n) is 3.54. The van der Waals surface area contributed by atoms with E-state index in [1.807, 2.05) is 0 Å². The second-order valence-corrected chi connectivity index (χ2v) is 4.10. The molecule has 4 nitrogen and oxygen atoms in total. The lowest BCUT2D eigenvalue weighted by atomic mass is 9.89. The molecule has 2 atom stereocenters. The van der Waals surface area contributed by atoms with Crippen molar-refractivity contribution >= 4 is 23.2 Å². The summed E-state index contributed by atoms with van der Waals surface area (Å²) in [6, 6.07) is 4.30. The highest BCUT2D eigenvalue weighted by atomic mass is 35.5. The van der Waals surface area contributed by atoms with Gasteiger partial charge >= 0.3 is 0 Å². The van der Waals surface area contributed by atoms with E-state index in [1.165, 1.54) is 18.2 Å². The summed E-state index contributed by atoms with van der Waals surface area (Å²) >= 11 is 5.80. The molecule has 0 bridgehead atoms. The van der Waals surface area contributed by atoms with E-state index in [4.69, 9.17) is 16.3 Å². The number of carbonyl (C=O) groups is 2. The summed E-state index contributed by atoms with van der Waals surface area (Å²) in [5.41, 5.74) is 0.144. The number of hydrogen-bond donors (Lipinski definition) is 1. The summed E-state index contributed by atoms with van der Waals surface area (Å²) in [5.74, 6) is -1.10. The van der Waals surface area contributed by atoms with Gasteiger partial charge in [0, 0.05) is 5.56 Å². The van der Waals surface area contributed by atoms with Crippen molar-refractivity contribution in [1.82, 2.24) is 0 Å². The van der Waals surface area contributed by atoms with Crippen molar-refractivity contribution in [3.63, 3.8) is 0 Å². The molecule has 1 aliphatic carbocycles. The van der Waals surface area contributed by atoms with Crippen LogP contribution < -0.4 is 0 Å². The SMILES string of the molecule is O=C1c2c(O)cccc2C(=O)C2(Cl)OC12. The zero-order valence-corrected chi connectivity index (χ0v) is 8.12. The summed E-state index contributed by atoms with van der Waals surface area (Å²) in [5, 5.41) is 7.98. The van der Waals surface area contributed by atoms with Crippen LogP contribution in [0.3, 0.4) is 0 Å². The minimum absolute atomic E-state index is 0.0151. The molecular weight excluding hydrogens is 220 g/mol. The number of hydrogen-bond acceptors (Lipinski definition) is 4. The van der Waals surface area contributed by atoms with Crippen LogP contribution in [0.2, 0.25) is 0 Å². The van der Waals surface area contributed by atoms with Crippen molar-refractivity contribution in [2.24, 2.45) is 0 Å². The standard InChI is InChI=1S/C10H5ClO4/c11-10-8(14)4-2-1-3-5(12)6(4)7(13)9(10)15-10/h1-3,9,12H. The first-order valence-corrected chi connectivity index (χ1v) is 4.71. The quantitative estimate of drug-likeness (QED) is 0.529. The number of ether oxygens (including phenoxy) is 1. The van der Waals surface area contributed by atoms with Gasteiger partial charge < -0.3 is 9.84 Å². The molecule has 1 saturated heterocycles. The molecule has 5 heteroatoms. The molecule has 1 N–H and O–H groups in total. The molecule has 15 heavy (non-hydrogen) atoms. The smallest absolute Gasteiger partial charge is 0.239 e. The Kier molecular flexibility index (Phi) is 1.42. The van der Waals surface area contributed by atoms with Crippen molar-refractivity contribution in [2.75, 3.05) is 0 Å². The van der Waals surface area contributed by atoms with Crippen LogP contribution in [-0.2, 0) is 4.74 Å². The highest BCUT2D eigenvalue weighted by Crippen LogP contribution is 2.50. The lowest BCUT2D eigenvalue weighted by Gasteiger charge is -2.14. The van der Waals surface area contributed by atoms with Crippen LogP contribution in [-0.4, -0.2) is 27.8 Å². The lowest BCUT2D eigenvalue weighted by molar-refractivity contribution is 0.0906. The summed E-state index contributed by atoms with van der Waals surface area (Å²) < 4.78 is 4.88. The average Bonchev–Trinajstić information content (AvgIpc) is 2.89. The fourth-order valence-electron chi connectivity index (χ4n) is 1.84. The van der Waals surface area contributed by atoms with E-state index in [0.717, 1.165) is 0 Å². The predicted molar refractivity (Wildman–Crippen MR) is 50.2 cm³/mol. The number of phenolic OH excluding ortho intramolecular Hbond substituents is 1. The number of carbonyl (C=O) groups excluding carboxylic acids is 2. The fourth-order valence-corrected chi connectivity index (χ4v) is 2.13. The van der Waals surface area contributed by atoms with Gasteiger partial charge in [-0.05, 0) is 6.07 Å². The average molecular weight is 225 g/mol. The first-order chi connectivity index (χ1) is 7.05. The lowest BCUT2D eigenvalue weighted by Crippen LogP contribution is -2.32. The number of fused-ring (bicyclic) bond motifs is 2. The molecule has 1 heterocycles. The highest BCUT2D eigenvalue weighted by molar-refractivity contribution is 6.44. The zero-order valence-electron chi connectivity index (χ0n) is 7.36. The monoisotopic (exact) mass is 224 g/mol. The fraction of sp³-hybridized carbons (Fsp3) is 0.200. The molecule has 0 saturated carbocycles. The van der Waals surface area contributed by atoms with Crippen molar-refractivity contribution in [2.45, 2.75) is 11.2 Å². The van der Waals surface area contributed by atoms with Gasteiger partial charge in [0.25, 0.3) is 0 Å². The molecule has 0 spiro atoms. The summed E-state index contributed by atoms with van der Waals surface area (Å²) in [4.78, 5) is 23.5. The number of aromatic hydroxyl groups is 1. The van der Waals surface area contributed by atoms with Crippen LogP contribution in [0.4, 0.5) is 0 Å². The Balaban J connectivity index is 2.30.